The first-order valence-electron chi connectivity index (χ1n) is 8.49. The zero-order valence-electron chi connectivity index (χ0n) is 13.0. The number of carbonyl (C=O) groups is 2. The molecular formula is C18H25NO3. The fourth-order valence-corrected chi connectivity index (χ4v) is 5.37. The SMILES string of the molecule is C#CCCC[C@@H](NC(=O)C12CC3CC(CC(C3)C1)C2)C(=O)O. The minimum absolute atomic E-state index is 0.0142. The number of carboxylic acids is 1. The molecular weight excluding hydrogens is 278 g/mol. The molecule has 0 unspecified atom stereocenters. The minimum atomic E-state index is -0.949. The van der Waals surface area contributed by atoms with Crippen molar-refractivity contribution in [1.29, 1.82) is 0 Å². The highest BCUT2D eigenvalue weighted by molar-refractivity contribution is 5.87. The Morgan fingerprint density at radius 3 is 2.18 bits per heavy atom. The van der Waals surface area contributed by atoms with E-state index in [1.807, 2.05) is 0 Å². The van der Waals surface area contributed by atoms with Crippen LogP contribution in [0.15, 0.2) is 0 Å². The molecule has 22 heavy (non-hydrogen) atoms. The van der Waals surface area contributed by atoms with E-state index in [4.69, 9.17) is 6.42 Å². The molecule has 4 heteroatoms. The summed E-state index contributed by atoms with van der Waals surface area (Å²) in [6, 6.07) is -0.797. The lowest BCUT2D eigenvalue weighted by Gasteiger charge is -2.55. The quantitative estimate of drug-likeness (QED) is 0.585. The Morgan fingerprint density at radius 2 is 1.73 bits per heavy atom. The third-order valence-corrected chi connectivity index (χ3v) is 5.94. The number of hydrogen-bond acceptors (Lipinski definition) is 2. The molecule has 4 rings (SSSR count). The Balaban J connectivity index is 1.65. The van der Waals surface area contributed by atoms with Crippen LogP contribution in [0.25, 0.3) is 0 Å². The van der Waals surface area contributed by atoms with Gasteiger partial charge in [0.2, 0.25) is 5.91 Å². The van der Waals surface area contributed by atoms with Crippen molar-refractivity contribution in [2.45, 2.75) is 63.8 Å². The summed E-state index contributed by atoms with van der Waals surface area (Å²) in [5.41, 5.74) is -0.283. The molecule has 2 N–H and O–H groups in total. The molecule has 120 valence electrons. The first-order chi connectivity index (χ1) is 10.5. The molecule has 4 nitrogen and oxygen atoms in total. The normalized spacial score (nSPS) is 36.6. The first kappa shape index (κ1) is 15.4. The van der Waals surface area contributed by atoms with Crippen LogP contribution in [0, 0.1) is 35.5 Å². The summed E-state index contributed by atoms with van der Waals surface area (Å²) in [4.78, 5) is 24.2. The number of amides is 1. The Morgan fingerprint density at radius 1 is 1.18 bits per heavy atom. The second-order valence-corrected chi connectivity index (χ2v) is 7.66. The summed E-state index contributed by atoms with van der Waals surface area (Å²) in [7, 11) is 0. The van der Waals surface area contributed by atoms with Gasteiger partial charge in [0.15, 0.2) is 0 Å². The summed E-state index contributed by atoms with van der Waals surface area (Å²) < 4.78 is 0. The Hall–Kier alpha value is -1.50. The summed E-state index contributed by atoms with van der Waals surface area (Å²) in [5, 5.41) is 12.2. The standard InChI is InChI=1S/C18H25NO3/c1-2-3-4-5-15(16(20)21)19-17(22)18-9-12-6-13(10-18)8-14(7-12)11-18/h1,12-15H,3-11H2,(H,19,22)(H,20,21)/t12?,13?,14?,15-,18?/m1/s1. The topological polar surface area (TPSA) is 66.4 Å². The van der Waals surface area contributed by atoms with Crippen molar-refractivity contribution in [3.63, 3.8) is 0 Å². The molecule has 0 spiro atoms. The van der Waals surface area contributed by atoms with E-state index in [9.17, 15) is 14.7 Å². The second-order valence-electron chi connectivity index (χ2n) is 7.66. The highest BCUT2D eigenvalue weighted by Crippen LogP contribution is 2.60. The van der Waals surface area contributed by atoms with Crippen LogP contribution in [0.4, 0.5) is 0 Å². The van der Waals surface area contributed by atoms with Crippen molar-refractivity contribution in [2.24, 2.45) is 23.2 Å². The maximum atomic E-state index is 12.8. The number of aliphatic carboxylic acids is 1. The molecule has 4 bridgehead atoms. The number of rotatable bonds is 6. The van der Waals surface area contributed by atoms with Crippen molar-refractivity contribution >= 4 is 11.9 Å². The van der Waals surface area contributed by atoms with Crippen molar-refractivity contribution in [3.8, 4) is 12.3 Å². The van der Waals surface area contributed by atoms with E-state index in [1.165, 1.54) is 19.3 Å². The van der Waals surface area contributed by atoms with Crippen molar-refractivity contribution in [1.82, 2.24) is 5.32 Å². The van der Waals surface area contributed by atoms with Gasteiger partial charge in [-0.25, -0.2) is 4.79 Å². The molecule has 0 heterocycles. The molecule has 1 amide bonds. The van der Waals surface area contributed by atoms with Crippen LogP contribution in [0.3, 0.4) is 0 Å². The molecule has 0 aromatic heterocycles. The van der Waals surface area contributed by atoms with E-state index < -0.39 is 12.0 Å². The number of carboxylic acid groups (broad SMARTS) is 1. The van der Waals surface area contributed by atoms with Gasteiger partial charge >= 0.3 is 5.97 Å². The lowest BCUT2D eigenvalue weighted by molar-refractivity contribution is -0.151. The number of carbonyl (C=O) groups excluding carboxylic acids is 1. The maximum Gasteiger partial charge on any atom is 0.326 e. The first-order valence-corrected chi connectivity index (χ1v) is 8.49. The van der Waals surface area contributed by atoms with Gasteiger partial charge in [-0.3, -0.25) is 4.79 Å². The van der Waals surface area contributed by atoms with Crippen molar-refractivity contribution in [3.05, 3.63) is 0 Å². The van der Waals surface area contributed by atoms with Crippen LogP contribution in [-0.4, -0.2) is 23.0 Å². The van der Waals surface area contributed by atoms with E-state index in [-0.39, 0.29) is 11.3 Å². The van der Waals surface area contributed by atoms with E-state index in [1.54, 1.807) is 0 Å². The van der Waals surface area contributed by atoms with Crippen LogP contribution in [0.2, 0.25) is 0 Å². The van der Waals surface area contributed by atoms with Gasteiger partial charge in [0.05, 0.1) is 0 Å². The predicted molar refractivity (Wildman–Crippen MR) is 82.9 cm³/mol. The molecule has 0 aliphatic heterocycles. The lowest BCUT2D eigenvalue weighted by Crippen LogP contribution is -2.56. The molecule has 4 aliphatic carbocycles. The largest absolute Gasteiger partial charge is 0.480 e. The van der Waals surface area contributed by atoms with E-state index >= 15 is 0 Å². The fourth-order valence-electron chi connectivity index (χ4n) is 5.37. The van der Waals surface area contributed by atoms with Gasteiger partial charge in [0, 0.05) is 11.8 Å². The summed E-state index contributed by atoms with van der Waals surface area (Å²) in [6.07, 6.45) is 13.5. The van der Waals surface area contributed by atoms with Crippen molar-refractivity contribution < 1.29 is 14.7 Å². The van der Waals surface area contributed by atoms with Crippen LogP contribution < -0.4 is 5.32 Å². The summed E-state index contributed by atoms with van der Waals surface area (Å²) in [5.74, 6) is 3.60. The third-order valence-electron chi connectivity index (χ3n) is 5.94. The van der Waals surface area contributed by atoms with E-state index in [0.29, 0.717) is 37.0 Å². The van der Waals surface area contributed by atoms with Gasteiger partial charge in [-0.05, 0) is 69.1 Å². The maximum absolute atomic E-state index is 12.8. The summed E-state index contributed by atoms with van der Waals surface area (Å²) >= 11 is 0. The molecule has 0 aromatic carbocycles. The highest BCUT2D eigenvalue weighted by atomic mass is 16.4. The Labute approximate surface area is 132 Å². The van der Waals surface area contributed by atoms with E-state index in [2.05, 4.69) is 11.2 Å². The highest BCUT2D eigenvalue weighted by Gasteiger charge is 2.54. The van der Waals surface area contributed by atoms with Crippen LogP contribution in [0.5, 0.6) is 0 Å². The average Bonchev–Trinajstić information content (AvgIpc) is 2.44. The zero-order valence-corrected chi connectivity index (χ0v) is 13.0. The van der Waals surface area contributed by atoms with Gasteiger partial charge in [-0.1, -0.05) is 0 Å². The lowest BCUT2D eigenvalue weighted by atomic mass is 9.49. The Bertz CT molecular complexity index is 470. The molecule has 0 saturated heterocycles. The Kier molecular flexibility index (Phi) is 4.16. The number of nitrogens with one attached hydrogen (secondary N) is 1. The predicted octanol–water partition coefficient (Wildman–Crippen LogP) is 2.58. The summed E-state index contributed by atoms with van der Waals surface area (Å²) in [6.45, 7) is 0. The third kappa shape index (κ3) is 2.86. The minimum Gasteiger partial charge on any atom is -0.480 e. The molecule has 1 atom stereocenters. The molecule has 0 radical (unpaired) electrons. The van der Waals surface area contributed by atoms with Crippen LogP contribution >= 0.6 is 0 Å². The number of unbranched alkanes of at least 4 members (excludes halogenated alkanes) is 1. The van der Waals surface area contributed by atoms with Crippen LogP contribution in [0.1, 0.15) is 57.8 Å². The van der Waals surface area contributed by atoms with Gasteiger partial charge < -0.3 is 10.4 Å². The van der Waals surface area contributed by atoms with Crippen molar-refractivity contribution in [2.75, 3.05) is 0 Å². The van der Waals surface area contributed by atoms with Gasteiger partial charge in [-0.15, -0.1) is 12.3 Å². The van der Waals surface area contributed by atoms with E-state index in [0.717, 1.165) is 19.3 Å². The monoisotopic (exact) mass is 303 g/mol. The number of hydrogen-bond donors (Lipinski definition) is 2. The smallest absolute Gasteiger partial charge is 0.326 e. The fraction of sp³-hybridized carbons (Fsp3) is 0.778. The molecule has 4 saturated carbocycles. The van der Waals surface area contributed by atoms with Gasteiger partial charge in [0.1, 0.15) is 6.04 Å². The molecule has 0 aromatic rings. The average molecular weight is 303 g/mol. The van der Waals surface area contributed by atoms with Gasteiger partial charge in [0.25, 0.3) is 0 Å². The molecule has 4 fully saturated rings. The van der Waals surface area contributed by atoms with Crippen LogP contribution in [-0.2, 0) is 9.59 Å². The zero-order chi connectivity index (χ0) is 15.7. The van der Waals surface area contributed by atoms with Gasteiger partial charge in [-0.2, -0.15) is 0 Å². The molecule has 4 aliphatic rings. The second kappa shape index (κ2) is 5.95. The number of terminal acetylenes is 1.